The first kappa shape index (κ1) is 19.4. The van der Waals surface area contributed by atoms with E-state index in [0.717, 1.165) is 18.5 Å². The number of sulfonamides is 1. The van der Waals surface area contributed by atoms with Gasteiger partial charge in [0.2, 0.25) is 15.9 Å². The minimum Gasteiger partial charge on any atom is -0.382 e. The van der Waals surface area contributed by atoms with Gasteiger partial charge in [-0.3, -0.25) is 4.79 Å². The fourth-order valence-corrected chi connectivity index (χ4v) is 4.73. The van der Waals surface area contributed by atoms with Crippen LogP contribution in [0.2, 0.25) is 0 Å². The van der Waals surface area contributed by atoms with Gasteiger partial charge in [0.15, 0.2) is 0 Å². The van der Waals surface area contributed by atoms with Crippen molar-refractivity contribution in [1.29, 1.82) is 0 Å². The maximum absolute atomic E-state index is 12.9. The van der Waals surface area contributed by atoms with Crippen LogP contribution in [0, 0.1) is 6.92 Å². The summed E-state index contributed by atoms with van der Waals surface area (Å²) in [6.45, 7) is 4.45. The van der Waals surface area contributed by atoms with Gasteiger partial charge in [-0.2, -0.15) is 4.31 Å². The Morgan fingerprint density at radius 1 is 1.04 bits per heavy atom. The molecule has 3 rings (SSSR count). The predicted octanol–water partition coefficient (Wildman–Crippen LogP) is 3.22. The van der Waals surface area contributed by atoms with E-state index in [1.807, 2.05) is 12.1 Å². The minimum absolute atomic E-state index is 0.186. The number of hydrogen-bond donors (Lipinski definition) is 2. The highest BCUT2D eigenvalue weighted by atomic mass is 32.2. The van der Waals surface area contributed by atoms with E-state index < -0.39 is 10.0 Å². The number of anilines is 2. The highest BCUT2D eigenvalue weighted by Crippen LogP contribution is 2.24. The van der Waals surface area contributed by atoms with E-state index in [1.165, 1.54) is 28.9 Å². The standard InChI is InChI=1S/C20H25N3O3S/c1-15-5-3-4-6-20(15)22-18-11-13-23(14-12-18)27(25,26)19-9-7-17(8-10-19)21-16(2)24/h3-10,18,22H,11-14H2,1-2H3,(H,21,24). The molecule has 2 N–H and O–H groups in total. The average Bonchev–Trinajstić information content (AvgIpc) is 2.64. The van der Waals surface area contributed by atoms with Crippen molar-refractivity contribution < 1.29 is 13.2 Å². The van der Waals surface area contributed by atoms with Gasteiger partial charge in [0, 0.05) is 37.4 Å². The number of rotatable bonds is 5. The number of hydrogen-bond acceptors (Lipinski definition) is 4. The molecule has 2 aromatic carbocycles. The SMILES string of the molecule is CC(=O)Nc1ccc(S(=O)(=O)N2CCC(Nc3ccccc3C)CC2)cc1. The monoisotopic (exact) mass is 387 g/mol. The number of amides is 1. The molecule has 0 aliphatic carbocycles. The summed E-state index contributed by atoms with van der Waals surface area (Å²) < 4.78 is 27.3. The summed E-state index contributed by atoms with van der Waals surface area (Å²) in [5.41, 5.74) is 2.88. The van der Waals surface area contributed by atoms with E-state index in [9.17, 15) is 13.2 Å². The molecule has 0 bridgehead atoms. The summed E-state index contributed by atoms with van der Waals surface area (Å²) in [6.07, 6.45) is 1.52. The largest absolute Gasteiger partial charge is 0.382 e. The van der Waals surface area contributed by atoms with Crippen LogP contribution < -0.4 is 10.6 Å². The molecule has 6 nitrogen and oxygen atoms in total. The van der Waals surface area contributed by atoms with Crippen molar-refractivity contribution in [2.24, 2.45) is 0 Å². The number of carbonyl (C=O) groups excluding carboxylic acids is 1. The molecule has 144 valence electrons. The van der Waals surface area contributed by atoms with Gasteiger partial charge in [-0.05, 0) is 55.7 Å². The first-order chi connectivity index (χ1) is 12.9. The molecule has 1 amide bonds. The fraction of sp³-hybridized carbons (Fsp3) is 0.350. The number of aryl methyl sites for hydroxylation is 1. The third-order valence-electron chi connectivity index (χ3n) is 4.77. The van der Waals surface area contributed by atoms with Gasteiger partial charge < -0.3 is 10.6 Å². The molecule has 7 heteroatoms. The van der Waals surface area contributed by atoms with Crippen LogP contribution in [-0.2, 0) is 14.8 Å². The van der Waals surface area contributed by atoms with E-state index in [4.69, 9.17) is 0 Å². The lowest BCUT2D eigenvalue weighted by atomic mass is 10.1. The Morgan fingerprint density at radius 2 is 1.67 bits per heavy atom. The van der Waals surface area contributed by atoms with Crippen LogP contribution in [0.25, 0.3) is 0 Å². The smallest absolute Gasteiger partial charge is 0.243 e. The number of para-hydroxylation sites is 1. The van der Waals surface area contributed by atoms with E-state index in [-0.39, 0.29) is 16.8 Å². The summed E-state index contributed by atoms with van der Waals surface area (Å²) >= 11 is 0. The Morgan fingerprint density at radius 3 is 2.26 bits per heavy atom. The third kappa shape index (κ3) is 4.67. The summed E-state index contributed by atoms with van der Waals surface area (Å²) in [5.74, 6) is -0.186. The zero-order chi connectivity index (χ0) is 19.4. The second kappa shape index (κ2) is 8.10. The summed E-state index contributed by atoms with van der Waals surface area (Å²) in [6, 6.07) is 14.7. The zero-order valence-corrected chi connectivity index (χ0v) is 16.4. The number of nitrogens with one attached hydrogen (secondary N) is 2. The molecular formula is C20H25N3O3S. The molecule has 0 aromatic heterocycles. The van der Waals surface area contributed by atoms with Crippen molar-refractivity contribution in [2.75, 3.05) is 23.7 Å². The molecule has 0 saturated carbocycles. The third-order valence-corrected chi connectivity index (χ3v) is 6.68. The summed E-state index contributed by atoms with van der Waals surface area (Å²) in [7, 11) is -3.52. The minimum atomic E-state index is -3.52. The second-order valence-electron chi connectivity index (χ2n) is 6.84. The van der Waals surface area contributed by atoms with E-state index in [2.05, 4.69) is 29.7 Å². The highest BCUT2D eigenvalue weighted by Gasteiger charge is 2.29. The second-order valence-corrected chi connectivity index (χ2v) is 8.78. The van der Waals surface area contributed by atoms with E-state index in [1.54, 1.807) is 12.1 Å². The first-order valence-electron chi connectivity index (χ1n) is 9.06. The maximum atomic E-state index is 12.9. The lowest BCUT2D eigenvalue weighted by molar-refractivity contribution is -0.114. The molecule has 1 aliphatic heterocycles. The number of carbonyl (C=O) groups is 1. The van der Waals surface area contributed by atoms with Crippen LogP contribution in [0.5, 0.6) is 0 Å². The van der Waals surface area contributed by atoms with E-state index in [0.29, 0.717) is 18.8 Å². The molecule has 1 aliphatic rings. The van der Waals surface area contributed by atoms with E-state index >= 15 is 0 Å². The van der Waals surface area contributed by atoms with Crippen LogP contribution in [-0.4, -0.2) is 37.8 Å². The van der Waals surface area contributed by atoms with Crippen LogP contribution in [0.15, 0.2) is 53.4 Å². The van der Waals surface area contributed by atoms with Crippen LogP contribution >= 0.6 is 0 Å². The molecule has 1 heterocycles. The molecule has 0 radical (unpaired) electrons. The van der Waals surface area contributed by atoms with Gasteiger partial charge in [-0.15, -0.1) is 0 Å². The number of benzene rings is 2. The number of piperidine rings is 1. The van der Waals surface area contributed by atoms with Crippen LogP contribution in [0.3, 0.4) is 0 Å². The Labute approximate surface area is 160 Å². The normalized spacial score (nSPS) is 16.1. The quantitative estimate of drug-likeness (QED) is 0.826. The van der Waals surface area contributed by atoms with Gasteiger partial charge in [0.05, 0.1) is 4.90 Å². The average molecular weight is 388 g/mol. The zero-order valence-electron chi connectivity index (χ0n) is 15.6. The Kier molecular flexibility index (Phi) is 5.82. The summed E-state index contributed by atoms with van der Waals surface area (Å²) in [4.78, 5) is 11.3. The van der Waals surface area contributed by atoms with Gasteiger partial charge in [-0.25, -0.2) is 8.42 Å². The molecular weight excluding hydrogens is 362 g/mol. The molecule has 1 fully saturated rings. The summed E-state index contributed by atoms with van der Waals surface area (Å²) in [5, 5.41) is 6.17. The number of nitrogens with zero attached hydrogens (tertiary/aromatic N) is 1. The van der Waals surface area contributed by atoms with Gasteiger partial charge in [-0.1, -0.05) is 18.2 Å². The van der Waals surface area contributed by atoms with Crippen molar-refractivity contribution in [3.05, 3.63) is 54.1 Å². The molecule has 0 unspecified atom stereocenters. The van der Waals surface area contributed by atoms with Crippen molar-refractivity contribution >= 4 is 27.3 Å². The topological polar surface area (TPSA) is 78.5 Å². The van der Waals surface area contributed by atoms with Crippen LogP contribution in [0.1, 0.15) is 25.3 Å². The van der Waals surface area contributed by atoms with Crippen molar-refractivity contribution in [1.82, 2.24) is 4.31 Å². The maximum Gasteiger partial charge on any atom is 0.243 e. The molecule has 2 aromatic rings. The first-order valence-corrected chi connectivity index (χ1v) is 10.5. The van der Waals surface area contributed by atoms with Crippen LogP contribution in [0.4, 0.5) is 11.4 Å². The molecule has 1 saturated heterocycles. The lowest BCUT2D eigenvalue weighted by Crippen LogP contribution is -2.42. The van der Waals surface area contributed by atoms with Crippen molar-refractivity contribution in [2.45, 2.75) is 37.6 Å². The van der Waals surface area contributed by atoms with Crippen molar-refractivity contribution in [3.8, 4) is 0 Å². The Balaban J connectivity index is 1.62. The molecule has 27 heavy (non-hydrogen) atoms. The van der Waals surface area contributed by atoms with Gasteiger partial charge >= 0.3 is 0 Å². The fourth-order valence-electron chi connectivity index (χ4n) is 3.26. The highest BCUT2D eigenvalue weighted by molar-refractivity contribution is 7.89. The molecule has 0 atom stereocenters. The lowest BCUT2D eigenvalue weighted by Gasteiger charge is -2.32. The Hall–Kier alpha value is -2.38. The predicted molar refractivity (Wildman–Crippen MR) is 107 cm³/mol. The van der Waals surface area contributed by atoms with Gasteiger partial charge in [0.25, 0.3) is 0 Å². The Bertz CT molecular complexity index is 902. The van der Waals surface area contributed by atoms with Crippen molar-refractivity contribution in [3.63, 3.8) is 0 Å². The van der Waals surface area contributed by atoms with Gasteiger partial charge in [0.1, 0.15) is 0 Å². The molecule has 0 spiro atoms.